The van der Waals surface area contributed by atoms with Crippen LogP contribution in [0.3, 0.4) is 0 Å². The Morgan fingerprint density at radius 3 is 2.20 bits per heavy atom. The van der Waals surface area contributed by atoms with E-state index in [1.165, 1.54) is 36.6 Å². The van der Waals surface area contributed by atoms with Crippen LogP contribution in [0.15, 0.2) is 58.0 Å². The van der Waals surface area contributed by atoms with Crippen molar-refractivity contribution in [2.24, 2.45) is 0 Å². The van der Waals surface area contributed by atoms with Crippen LogP contribution < -0.4 is 9.66 Å². The fourth-order valence-corrected chi connectivity index (χ4v) is 3.59. The highest BCUT2D eigenvalue weighted by molar-refractivity contribution is 7.92. The van der Waals surface area contributed by atoms with Crippen LogP contribution in [0.1, 0.15) is 5.76 Å². The van der Waals surface area contributed by atoms with E-state index < -0.39 is 25.8 Å². The monoisotopic (exact) mass is 316 g/mol. The maximum atomic E-state index is 11.8. The van der Waals surface area contributed by atoms with Crippen LogP contribution in [-0.4, -0.2) is 16.8 Å². The molecule has 0 amide bonds. The van der Waals surface area contributed by atoms with Crippen LogP contribution in [0.2, 0.25) is 0 Å². The highest BCUT2D eigenvalue weighted by atomic mass is 32.2. The molecule has 7 nitrogen and oxygen atoms in total. The van der Waals surface area contributed by atoms with Crippen molar-refractivity contribution in [2.75, 3.05) is 0 Å². The Hall–Kier alpha value is -1.68. The molecule has 1 aromatic heterocycles. The van der Waals surface area contributed by atoms with Gasteiger partial charge in [-0.3, -0.25) is 0 Å². The van der Waals surface area contributed by atoms with Gasteiger partial charge < -0.3 is 4.42 Å². The van der Waals surface area contributed by atoms with Crippen LogP contribution in [0.5, 0.6) is 0 Å². The van der Waals surface area contributed by atoms with Gasteiger partial charge in [0.15, 0.2) is 0 Å². The highest BCUT2D eigenvalue weighted by Gasteiger charge is 2.19. The Labute approximate surface area is 116 Å². The summed E-state index contributed by atoms with van der Waals surface area (Å²) >= 11 is 0. The average Bonchev–Trinajstić information content (AvgIpc) is 2.90. The molecule has 20 heavy (non-hydrogen) atoms. The molecule has 1 aromatic carbocycles. The van der Waals surface area contributed by atoms with Gasteiger partial charge >= 0.3 is 0 Å². The summed E-state index contributed by atoms with van der Waals surface area (Å²) in [7, 11) is -7.82. The van der Waals surface area contributed by atoms with Crippen molar-refractivity contribution in [3.63, 3.8) is 0 Å². The third-order valence-corrected chi connectivity index (χ3v) is 4.77. The number of benzene rings is 1. The molecule has 0 saturated carbocycles. The van der Waals surface area contributed by atoms with E-state index in [-0.39, 0.29) is 10.7 Å². The molecule has 1 heterocycles. The van der Waals surface area contributed by atoms with Gasteiger partial charge in [-0.15, -0.1) is 9.66 Å². The summed E-state index contributed by atoms with van der Waals surface area (Å²) in [6, 6.07) is 10.4. The molecule has 9 heteroatoms. The Bertz CT molecular complexity index is 752. The molecule has 2 N–H and O–H groups in total. The Balaban J connectivity index is 2.05. The van der Waals surface area contributed by atoms with E-state index >= 15 is 0 Å². The zero-order valence-corrected chi connectivity index (χ0v) is 11.8. The number of furan rings is 1. The number of hydrogen-bond acceptors (Lipinski definition) is 5. The second-order valence-corrected chi connectivity index (χ2v) is 7.26. The Kier molecular flexibility index (Phi) is 4.23. The van der Waals surface area contributed by atoms with Crippen molar-refractivity contribution in [1.82, 2.24) is 9.66 Å². The predicted molar refractivity (Wildman–Crippen MR) is 71.2 cm³/mol. The lowest BCUT2D eigenvalue weighted by Crippen LogP contribution is -2.41. The fourth-order valence-electron chi connectivity index (χ4n) is 1.39. The molecular weight excluding hydrogens is 304 g/mol. The van der Waals surface area contributed by atoms with Crippen LogP contribution >= 0.6 is 0 Å². The summed E-state index contributed by atoms with van der Waals surface area (Å²) in [5, 5.41) is 0. The van der Waals surface area contributed by atoms with Crippen LogP contribution in [0.4, 0.5) is 0 Å². The smallest absolute Gasteiger partial charge is 0.254 e. The van der Waals surface area contributed by atoms with Gasteiger partial charge in [-0.1, -0.05) is 18.2 Å². The van der Waals surface area contributed by atoms with Crippen molar-refractivity contribution in [1.29, 1.82) is 0 Å². The molecule has 0 atom stereocenters. The second kappa shape index (κ2) is 5.75. The topological polar surface area (TPSA) is 105 Å². The molecule has 0 spiro atoms. The molecule has 0 unspecified atom stereocenters. The van der Waals surface area contributed by atoms with Gasteiger partial charge in [-0.2, -0.15) is 0 Å². The molecule has 0 aliphatic rings. The van der Waals surface area contributed by atoms with Gasteiger partial charge in [0.05, 0.1) is 11.2 Å². The summed E-state index contributed by atoms with van der Waals surface area (Å²) < 4.78 is 51.9. The van der Waals surface area contributed by atoms with Crippen LogP contribution in [0, 0.1) is 0 Å². The summed E-state index contributed by atoms with van der Waals surface area (Å²) in [6.07, 6.45) is 1.33. The molecule has 0 radical (unpaired) electrons. The van der Waals surface area contributed by atoms with E-state index in [1.54, 1.807) is 12.1 Å². The first-order chi connectivity index (χ1) is 9.39. The summed E-state index contributed by atoms with van der Waals surface area (Å²) in [4.78, 5) is 3.59. The van der Waals surface area contributed by atoms with E-state index in [4.69, 9.17) is 4.42 Å². The lowest BCUT2D eigenvalue weighted by molar-refractivity contribution is 0.515. The summed E-state index contributed by atoms with van der Waals surface area (Å²) in [5.74, 6) is -0.256. The maximum absolute atomic E-state index is 11.8. The van der Waals surface area contributed by atoms with Crippen molar-refractivity contribution >= 4 is 20.0 Å². The van der Waals surface area contributed by atoms with Gasteiger partial charge in [0.1, 0.15) is 11.5 Å². The highest BCUT2D eigenvalue weighted by Crippen LogP contribution is 2.07. The zero-order valence-electron chi connectivity index (χ0n) is 10.2. The van der Waals surface area contributed by atoms with E-state index in [0.29, 0.717) is 0 Å². The Morgan fingerprint density at radius 2 is 1.60 bits per heavy atom. The Morgan fingerprint density at radius 1 is 0.900 bits per heavy atom. The van der Waals surface area contributed by atoms with E-state index in [9.17, 15) is 16.8 Å². The van der Waals surface area contributed by atoms with Crippen molar-refractivity contribution < 1.29 is 21.3 Å². The molecule has 0 aliphatic carbocycles. The van der Waals surface area contributed by atoms with Gasteiger partial charge in [-0.25, -0.2) is 16.8 Å². The van der Waals surface area contributed by atoms with Crippen LogP contribution in [-0.2, 0) is 25.8 Å². The van der Waals surface area contributed by atoms with Crippen molar-refractivity contribution in [3.05, 3.63) is 54.5 Å². The molecule has 0 aliphatic heterocycles. The van der Waals surface area contributed by atoms with Crippen molar-refractivity contribution in [3.8, 4) is 0 Å². The van der Waals surface area contributed by atoms with Gasteiger partial charge in [-0.05, 0) is 24.3 Å². The molecule has 2 rings (SSSR count). The number of hydrazine groups is 1. The summed E-state index contributed by atoms with van der Waals surface area (Å²) in [6.45, 7) is 0. The minimum absolute atomic E-state index is 0.0410. The standard InChI is InChI=1S/C11H12N2O5S2/c14-19(15,9-10-5-4-8-18-10)12-13-20(16,17)11-6-2-1-3-7-11/h1-8,12-13H,9H2. The molecule has 0 saturated heterocycles. The minimum Gasteiger partial charge on any atom is -0.468 e. The van der Waals surface area contributed by atoms with Gasteiger partial charge in [0, 0.05) is 0 Å². The predicted octanol–water partition coefficient (Wildman–Crippen LogP) is 0.592. The minimum atomic E-state index is -3.94. The zero-order chi connectivity index (χ0) is 14.6. The number of rotatable bonds is 6. The van der Waals surface area contributed by atoms with Crippen molar-refractivity contribution in [2.45, 2.75) is 10.6 Å². The lowest BCUT2D eigenvalue weighted by Gasteiger charge is -2.08. The van der Waals surface area contributed by atoms with E-state index in [2.05, 4.69) is 0 Å². The van der Waals surface area contributed by atoms with Gasteiger partial charge in [0.25, 0.3) is 10.0 Å². The molecule has 0 bridgehead atoms. The SMILES string of the molecule is O=S(=O)(Cc1ccco1)NNS(=O)(=O)c1ccccc1. The number of nitrogens with one attached hydrogen (secondary N) is 2. The first kappa shape index (κ1) is 14.7. The first-order valence-electron chi connectivity index (χ1n) is 5.48. The fraction of sp³-hybridized carbons (Fsp3) is 0.0909. The van der Waals surface area contributed by atoms with E-state index in [0.717, 1.165) is 0 Å². The third kappa shape index (κ3) is 3.90. The number of hydrogen-bond donors (Lipinski definition) is 2. The molecule has 108 valence electrons. The average molecular weight is 316 g/mol. The molecule has 0 fully saturated rings. The molecular formula is C11H12N2O5S2. The molecule has 2 aromatic rings. The summed E-state index contributed by atoms with van der Waals surface area (Å²) in [5.41, 5.74) is 0. The maximum Gasteiger partial charge on any atom is 0.254 e. The van der Waals surface area contributed by atoms with Crippen LogP contribution in [0.25, 0.3) is 0 Å². The second-order valence-electron chi connectivity index (χ2n) is 3.86. The normalized spacial score (nSPS) is 12.4. The quantitative estimate of drug-likeness (QED) is 0.759. The number of sulfonamides is 2. The first-order valence-corrected chi connectivity index (χ1v) is 8.61. The lowest BCUT2D eigenvalue weighted by atomic mass is 10.4. The van der Waals surface area contributed by atoms with E-state index in [1.807, 2.05) is 9.66 Å². The third-order valence-electron chi connectivity index (χ3n) is 2.30. The van der Waals surface area contributed by atoms with Gasteiger partial charge in [0.2, 0.25) is 10.0 Å². The largest absolute Gasteiger partial charge is 0.468 e.